The lowest BCUT2D eigenvalue weighted by molar-refractivity contribution is -0.141. The molecule has 0 aliphatic carbocycles. The Hall–Kier alpha value is -3.35. The minimum Gasteiger partial charge on any atom is -0.481 e. The molecule has 0 bridgehead atoms. The van der Waals surface area contributed by atoms with E-state index < -0.39 is 18.0 Å². The highest BCUT2D eigenvalue weighted by Crippen LogP contribution is 2.26. The molecule has 0 unspecified atom stereocenters. The number of nitrogens with one attached hydrogen (secondary N) is 1. The lowest BCUT2D eigenvalue weighted by Gasteiger charge is -2.24. The molecule has 1 amide bonds. The summed E-state index contributed by atoms with van der Waals surface area (Å²) in [6.07, 6.45) is 0.270. The van der Waals surface area contributed by atoms with Gasteiger partial charge in [0.2, 0.25) is 5.91 Å². The number of rotatable bonds is 6. The van der Waals surface area contributed by atoms with Crippen LogP contribution in [0.2, 0.25) is 0 Å². The van der Waals surface area contributed by atoms with Gasteiger partial charge in [0.1, 0.15) is 6.04 Å². The number of amides is 1. The van der Waals surface area contributed by atoms with Crippen LogP contribution in [0.3, 0.4) is 0 Å². The molecule has 0 radical (unpaired) electrons. The van der Waals surface area contributed by atoms with Gasteiger partial charge < -0.3 is 20.4 Å². The number of fused-ring (bicyclic) bond motifs is 1. The van der Waals surface area contributed by atoms with Crippen LogP contribution in [0.5, 0.6) is 0 Å². The number of nitrogens with zero attached hydrogens (tertiary/aromatic N) is 1. The highest BCUT2D eigenvalue weighted by Gasteiger charge is 2.31. The largest absolute Gasteiger partial charge is 0.481 e. The molecule has 1 atom stereocenters. The van der Waals surface area contributed by atoms with Crippen molar-refractivity contribution in [2.45, 2.75) is 25.4 Å². The van der Waals surface area contributed by atoms with Gasteiger partial charge in [0, 0.05) is 18.8 Å². The van der Waals surface area contributed by atoms with Crippen molar-refractivity contribution in [3.63, 3.8) is 0 Å². The van der Waals surface area contributed by atoms with Crippen LogP contribution in [0.15, 0.2) is 48.5 Å². The molecular weight excluding hydrogens is 348 g/mol. The Morgan fingerprint density at radius 3 is 2.52 bits per heavy atom. The van der Waals surface area contributed by atoms with E-state index in [4.69, 9.17) is 5.11 Å². The normalized spacial score (nSPS) is 16.2. The zero-order chi connectivity index (χ0) is 19.4. The summed E-state index contributed by atoms with van der Waals surface area (Å²) in [7, 11) is 0. The first-order valence-electron chi connectivity index (χ1n) is 8.61. The minimum absolute atomic E-state index is 0.0838. The van der Waals surface area contributed by atoms with Crippen molar-refractivity contribution in [1.82, 2.24) is 4.90 Å². The molecule has 3 N–H and O–H groups in total. The van der Waals surface area contributed by atoms with Crippen LogP contribution in [0.25, 0.3) is 0 Å². The Kier molecular flexibility index (Phi) is 5.40. The number of carbonyl (C=O) groups excluding carboxylic acids is 1. The fraction of sp³-hybridized carbons (Fsp3) is 0.250. The number of aliphatic carboxylic acids is 1. The molecule has 0 saturated carbocycles. The van der Waals surface area contributed by atoms with Crippen LogP contribution in [0, 0.1) is 0 Å². The van der Waals surface area contributed by atoms with Gasteiger partial charge in [0.05, 0.1) is 12.0 Å². The Balaban J connectivity index is 1.87. The fourth-order valence-electron chi connectivity index (χ4n) is 3.15. The number of benzene rings is 2. The van der Waals surface area contributed by atoms with Crippen LogP contribution >= 0.6 is 0 Å². The van der Waals surface area contributed by atoms with Gasteiger partial charge in [-0.3, -0.25) is 9.59 Å². The number of hydrogen-bond donors (Lipinski definition) is 3. The van der Waals surface area contributed by atoms with E-state index >= 15 is 0 Å². The van der Waals surface area contributed by atoms with Gasteiger partial charge in [-0.15, -0.1) is 0 Å². The van der Waals surface area contributed by atoms with E-state index in [1.54, 1.807) is 11.0 Å². The van der Waals surface area contributed by atoms with E-state index in [9.17, 15) is 19.5 Å². The van der Waals surface area contributed by atoms with E-state index in [1.807, 2.05) is 30.3 Å². The van der Waals surface area contributed by atoms with Crippen LogP contribution in [0.1, 0.15) is 27.9 Å². The van der Waals surface area contributed by atoms with Crippen molar-refractivity contribution >= 4 is 23.5 Å². The van der Waals surface area contributed by atoms with Crippen molar-refractivity contribution in [1.29, 1.82) is 0 Å². The number of carboxylic acids is 2. The Morgan fingerprint density at radius 1 is 1.11 bits per heavy atom. The van der Waals surface area contributed by atoms with Crippen LogP contribution < -0.4 is 5.32 Å². The summed E-state index contributed by atoms with van der Waals surface area (Å²) in [6.45, 7) is 0.741. The van der Waals surface area contributed by atoms with E-state index in [2.05, 4.69) is 5.32 Å². The second-order valence-electron chi connectivity index (χ2n) is 6.47. The maximum absolute atomic E-state index is 12.9. The van der Waals surface area contributed by atoms with Crippen molar-refractivity contribution in [3.8, 4) is 0 Å². The third kappa shape index (κ3) is 4.44. The second-order valence-corrected chi connectivity index (χ2v) is 6.47. The standard InChI is InChI=1S/C20H20N2O5/c23-18(24)11-17-19(25)22(9-8-13-4-2-1-3-5-13)12-15-7-6-14(20(26)27)10-16(15)21-17/h1-7,10,17,21H,8-9,11-12H2,(H,23,24)(H,26,27)/t17-/m1/s1. The predicted octanol–water partition coefficient (Wildman–Crippen LogP) is 2.22. The molecule has 27 heavy (non-hydrogen) atoms. The van der Waals surface area contributed by atoms with Gasteiger partial charge in [0.15, 0.2) is 0 Å². The number of hydrogen-bond acceptors (Lipinski definition) is 4. The van der Waals surface area contributed by atoms with Gasteiger partial charge in [0.25, 0.3) is 0 Å². The summed E-state index contributed by atoms with van der Waals surface area (Å²) >= 11 is 0. The second kappa shape index (κ2) is 7.90. The summed E-state index contributed by atoms with van der Waals surface area (Å²) in [5, 5.41) is 21.3. The summed E-state index contributed by atoms with van der Waals surface area (Å²) in [4.78, 5) is 36.9. The molecule has 0 aromatic heterocycles. The van der Waals surface area contributed by atoms with Crippen LogP contribution in [-0.4, -0.2) is 45.5 Å². The van der Waals surface area contributed by atoms with E-state index in [0.717, 1.165) is 11.1 Å². The first-order chi connectivity index (χ1) is 12.9. The quantitative estimate of drug-likeness (QED) is 0.722. The van der Waals surface area contributed by atoms with Crippen LogP contribution in [-0.2, 0) is 22.6 Å². The van der Waals surface area contributed by atoms with Gasteiger partial charge in [-0.25, -0.2) is 4.79 Å². The highest BCUT2D eigenvalue weighted by molar-refractivity contribution is 5.92. The summed E-state index contributed by atoms with van der Waals surface area (Å²) in [5.74, 6) is -2.48. The smallest absolute Gasteiger partial charge is 0.335 e. The number of carboxylic acid groups (broad SMARTS) is 2. The third-order valence-corrected chi connectivity index (χ3v) is 4.55. The topological polar surface area (TPSA) is 107 Å². The molecule has 2 aromatic carbocycles. The van der Waals surface area contributed by atoms with Crippen molar-refractivity contribution < 1.29 is 24.6 Å². The van der Waals surface area contributed by atoms with Gasteiger partial charge in [-0.05, 0) is 29.7 Å². The van der Waals surface area contributed by atoms with Gasteiger partial charge in [-0.2, -0.15) is 0 Å². The predicted molar refractivity (Wildman–Crippen MR) is 98.6 cm³/mol. The average Bonchev–Trinajstić information content (AvgIpc) is 2.77. The summed E-state index contributed by atoms with van der Waals surface area (Å²) < 4.78 is 0. The maximum Gasteiger partial charge on any atom is 0.335 e. The molecule has 7 heteroatoms. The lowest BCUT2D eigenvalue weighted by Crippen LogP contribution is -2.42. The molecular formula is C20H20N2O5. The van der Waals surface area contributed by atoms with Gasteiger partial charge >= 0.3 is 11.9 Å². The van der Waals surface area contributed by atoms with Crippen molar-refractivity contribution in [3.05, 3.63) is 65.2 Å². The third-order valence-electron chi connectivity index (χ3n) is 4.55. The Bertz CT molecular complexity index is 866. The Labute approximate surface area is 156 Å². The molecule has 1 aliphatic rings. The van der Waals surface area contributed by atoms with Crippen LogP contribution in [0.4, 0.5) is 5.69 Å². The Morgan fingerprint density at radius 2 is 1.85 bits per heavy atom. The first kappa shape index (κ1) is 18.4. The zero-order valence-corrected chi connectivity index (χ0v) is 14.6. The molecule has 1 aliphatic heterocycles. The van der Waals surface area contributed by atoms with E-state index in [0.29, 0.717) is 25.2 Å². The zero-order valence-electron chi connectivity index (χ0n) is 14.6. The molecule has 1 heterocycles. The maximum atomic E-state index is 12.9. The average molecular weight is 368 g/mol. The number of aromatic carboxylic acids is 1. The van der Waals surface area contributed by atoms with Crippen molar-refractivity contribution in [2.24, 2.45) is 0 Å². The van der Waals surface area contributed by atoms with Crippen molar-refractivity contribution in [2.75, 3.05) is 11.9 Å². The molecule has 0 saturated heterocycles. The summed E-state index contributed by atoms with van der Waals surface area (Å²) in [5.41, 5.74) is 2.41. The molecule has 7 nitrogen and oxygen atoms in total. The molecule has 0 fully saturated rings. The molecule has 2 aromatic rings. The first-order valence-corrected chi connectivity index (χ1v) is 8.61. The number of carbonyl (C=O) groups is 3. The van der Waals surface area contributed by atoms with E-state index in [-0.39, 0.29) is 17.9 Å². The highest BCUT2D eigenvalue weighted by atomic mass is 16.4. The fourth-order valence-corrected chi connectivity index (χ4v) is 3.15. The molecule has 140 valence electrons. The number of anilines is 1. The lowest BCUT2D eigenvalue weighted by atomic mass is 10.1. The molecule has 0 spiro atoms. The SMILES string of the molecule is O=C(O)C[C@H]1Nc2cc(C(=O)O)ccc2CN(CCc2ccccc2)C1=O. The minimum atomic E-state index is -1.10. The molecule has 3 rings (SSSR count). The summed E-state index contributed by atoms with van der Waals surface area (Å²) in [6, 6.07) is 13.4. The van der Waals surface area contributed by atoms with Gasteiger partial charge in [-0.1, -0.05) is 36.4 Å². The van der Waals surface area contributed by atoms with E-state index in [1.165, 1.54) is 12.1 Å². The monoisotopic (exact) mass is 368 g/mol.